The molecule has 0 aliphatic carbocycles. The van der Waals surface area contributed by atoms with Crippen LogP contribution in [0.15, 0.2) is 249 Å². The zero-order chi connectivity index (χ0) is 83.0. The van der Waals surface area contributed by atoms with Gasteiger partial charge in [-0.05, 0) is 238 Å². The fourth-order valence-corrected chi connectivity index (χ4v) is 14.1. The molecule has 10 aromatic carbocycles. The summed E-state index contributed by atoms with van der Waals surface area (Å²) in [5.74, 6) is -2.40. The Balaban J connectivity index is 0.000000142. The number of rotatable bonds is 7. The molecule has 103 heavy (non-hydrogen) atoms. The number of fused-ring (bicyclic) bond motifs is 5. The molecule has 5 heterocycles. The number of aryl methyl sites for hydroxylation is 14. The fraction of sp³-hybridized carbons (Fsp3) is 0.235. The highest BCUT2D eigenvalue weighted by Gasteiger charge is 2.23. The van der Waals surface area contributed by atoms with Crippen LogP contribution in [0.1, 0.15) is 132 Å². The highest BCUT2D eigenvalue weighted by atomic mass is 14.9. The van der Waals surface area contributed by atoms with Gasteiger partial charge in [-0.2, -0.15) is 0 Å². The Hall–Kier alpha value is -10.8. The monoisotopic (exact) mass is 1360 g/mol. The maximum atomic E-state index is 8.38. The number of nitrogens with zero attached hydrogens (tertiary/aromatic N) is 5. The predicted molar refractivity (Wildman–Crippen MR) is 438 cm³/mol. The molecule has 0 fully saturated rings. The first-order valence-electron chi connectivity index (χ1n) is 41.0. The zero-order valence-electron chi connectivity index (χ0n) is 74.4. The smallest absolute Gasteiger partial charge is 0.200 e. The Morgan fingerprint density at radius 1 is 0.282 bits per heavy atom. The summed E-state index contributed by atoms with van der Waals surface area (Å²) < 4.78 is 97.8. The van der Waals surface area contributed by atoms with E-state index in [2.05, 4.69) is 253 Å². The Labute approximate surface area is 629 Å². The van der Waals surface area contributed by atoms with E-state index in [-0.39, 0.29) is 0 Å². The molecule has 0 amide bonds. The van der Waals surface area contributed by atoms with E-state index in [1.165, 1.54) is 106 Å². The van der Waals surface area contributed by atoms with E-state index < -0.39 is 32.3 Å². The first-order valence-corrected chi connectivity index (χ1v) is 35.5. The van der Waals surface area contributed by atoms with E-state index >= 15 is 0 Å². The van der Waals surface area contributed by atoms with Gasteiger partial charge in [-0.15, -0.1) is 0 Å². The topological polar surface area (TPSA) is 19.4 Å². The predicted octanol–water partition coefficient (Wildman–Crippen LogP) is 22.6. The first kappa shape index (κ1) is 59.9. The molecule has 0 saturated heterocycles. The van der Waals surface area contributed by atoms with Crippen molar-refractivity contribution in [2.24, 2.45) is 35.2 Å². The third-order valence-electron chi connectivity index (χ3n) is 20.1. The van der Waals surface area contributed by atoms with Crippen molar-refractivity contribution in [3.63, 3.8) is 0 Å². The molecule has 15 aromatic rings. The number of hydrogen-bond donors (Lipinski definition) is 0. The van der Waals surface area contributed by atoms with Crippen molar-refractivity contribution >= 4 is 53.9 Å². The van der Waals surface area contributed by atoms with Crippen LogP contribution in [-0.2, 0) is 35.2 Å². The molecule has 15 rings (SSSR count). The van der Waals surface area contributed by atoms with E-state index in [1.54, 1.807) is 24.3 Å². The van der Waals surface area contributed by atoms with Gasteiger partial charge in [0.15, 0.2) is 31.0 Å². The van der Waals surface area contributed by atoms with Crippen LogP contribution in [0.2, 0.25) is 0 Å². The van der Waals surface area contributed by atoms with Gasteiger partial charge in [0.1, 0.15) is 35.2 Å². The second kappa shape index (κ2) is 31.6. The molecule has 5 nitrogen and oxygen atoms in total. The lowest BCUT2D eigenvalue weighted by atomic mass is 9.93. The lowest BCUT2D eigenvalue weighted by Crippen LogP contribution is -2.30. The SMILES string of the molecule is Cc1cc(C)c(C)c(-c2cc3ccccc3c[n+]2C)c1.Cc1ccc(-c2cc3ccccc3c[n+]2C)c(C)c1.Cc1ccccc1-c1cc2ccccc2c[n+]1C.[2H]C([2H])([2H])c1cc(C)cc(-c2c3ccc(C([2H])(C)C([2H])([2H])[2H])cc3cc[n+]2C)c1C.[2H]C([2H])([2H])c1cc(C)cc(-c2c3ccc(C([2H])(C)C)cc3cc[n+]2C)c1C. The van der Waals surface area contributed by atoms with Gasteiger partial charge in [0.05, 0.1) is 21.9 Å². The summed E-state index contributed by atoms with van der Waals surface area (Å²) in [6.45, 7) is 18.9. The Morgan fingerprint density at radius 2 is 0.650 bits per heavy atom. The summed E-state index contributed by atoms with van der Waals surface area (Å²) in [5.41, 5.74) is 24.7. The van der Waals surface area contributed by atoms with Gasteiger partial charge in [-0.25, -0.2) is 22.8 Å². The number of benzene rings is 10. The molecule has 518 valence electrons. The van der Waals surface area contributed by atoms with E-state index in [1.807, 2.05) is 114 Å². The quantitative estimate of drug-likeness (QED) is 0.142. The third-order valence-corrected chi connectivity index (χ3v) is 20.1. The van der Waals surface area contributed by atoms with E-state index in [0.29, 0.717) is 22.3 Å². The number of pyridine rings is 5. The van der Waals surface area contributed by atoms with Gasteiger partial charge < -0.3 is 0 Å². The van der Waals surface area contributed by atoms with Crippen molar-refractivity contribution in [1.29, 1.82) is 0 Å². The Kier molecular flexibility index (Phi) is 18.4. The second-order valence-electron chi connectivity index (χ2n) is 28.3. The van der Waals surface area contributed by atoms with Gasteiger partial charge >= 0.3 is 0 Å². The van der Waals surface area contributed by atoms with Crippen LogP contribution >= 0.6 is 0 Å². The van der Waals surface area contributed by atoms with E-state index in [0.717, 1.165) is 66.3 Å². The van der Waals surface area contributed by atoms with Gasteiger partial charge in [-0.1, -0.05) is 177 Å². The Morgan fingerprint density at radius 3 is 1.07 bits per heavy atom. The molecule has 0 spiro atoms. The Bertz CT molecular complexity index is 6160. The summed E-state index contributed by atoms with van der Waals surface area (Å²) >= 11 is 0. The second-order valence-corrected chi connectivity index (χ2v) is 28.3. The largest absolute Gasteiger partial charge is 0.220 e. The maximum Gasteiger partial charge on any atom is 0.220 e. The van der Waals surface area contributed by atoms with Gasteiger partial charge in [0.25, 0.3) is 0 Å². The highest BCUT2D eigenvalue weighted by molar-refractivity contribution is 5.96. The van der Waals surface area contributed by atoms with Crippen LogP contribution in [0.5, 0.6) is 0 Å². The van der Waals surface area contributed by atoms with Crippen LogP contribution in [0.3, 0.4) is 0 Å². The maximum absolute atomic E-state index is 8.38. The molecule has 1 atom stereocenters. The summed E-state index contributed by atoms with van der Waals surface area (Å²) in [4.78, 5) is 0. The minimum atomic E-state index is -2.45. The van der Waals surface area contributed by atoms with Crippen molar-refractivity contribution in [2.45, 2.75) is 122 Å². The minimum Gasteiger partial charge on any atom is -0.200 e. The molecule has 5 aromatic heterocycles. The lowest BCUT2D eigenvalue weighted by Gasteiger charge is -2.12. The first-order chi connectivity index (χ1) is 53.5. The van der Waals surface area contributed by atoms with Crippen LogP contribution < -0.4 is 22.8 Å². The third kappa shape index (κ3) is 16.4. The molecular weight excluding hydrogens is 1250 g/mol. The van der Waals surface area contributed by atoms with E-state index in [9.17, 15) is 0 Å². The molecule has 0 saturated carbocycles. The minimum absolute atomic E-state index is 0.326. The van der Waals surface area contributed by atoms with Crippen LogP contribution in [0, 0.1) is 82.9 Å². The van der Waals surface area contributed by atoms with Gasteiger partial charge in [0.2, 0.25) is 28.5 Å². The summed E-state index contributed by atoms with van der Waals surface area (Å²) in [6.07, 6.45) is 10.5. The van der Waals surface area contributed by atoms with Crippen LogP contribution in [0.25, 0.3) is 110 Å². The molecule has 0 radical (unpaired) electrons. The normalized spacial score (nSPS) is 13.7. The summed E-state index contributed by atoms with van der Waals surface area (Å²) in [6, 6.07) is 74.8. The molecule has 0 N–H and O–H groups in total. The lowest BCUT2D eigenvalue weighted by molar-refractivity contribution is -0.659. The van der Waals surface area contributed by atoms with Crippen molar-refractivity contribution in [3.8, 4) is 56.3 Å². The van der Waals surface area contributed by atoms with Crippen molar-refractivity contribution < 1.29 is 37.9 Å². The van der Waals surface area contributed by atoms with Crippen molar-refractivity contribution in [1.82, 2.24) is 0 Å². The van der Waals surface area contributed by atoms with E-state index in [4.69, 9.17) is 15.1 Å². The number of hydrogen-bond acceptors (Lipinski definition) is 0. The number of aromatic nitrogens is 5. The fourth-order valence-electron chi connectivity index (χ4n) is 14.1. The van der Waals surface area contributed by atoms with Gasteiger partial charge in [0, 0.05) is 78.3 Å². The van der Waals surface area contributed by atoms with Crippen molar-refractivity contribution in [3.05, 3.63) is 327 Å². The highest BCUT2D eigenvalue weighted by Crippen LogP contribution is 2.35. The standard InChI is InChI=1S/2C22H26N.C19H20N.C18H18N.C17H16N/c2*1-14(2)18-7-8-20-19(13-18)9-10-23(6)22(20)21-12-15(3)11-16(4)17(21)5;1-13-9-14(2)15(3)18(10-13)19-11-16-7-5-6-8-17(16)12-20(19)4;1-13-8-9-17(14(2)10-13)18-11-15-6-4-5-7-16(15)12-19(18)3;1-13-7-3-6-10-16(13)17-11-14-8-4-5-9-15(14)12-18(17)2/h2*7-14H,1-6H3;5-12H,1-4H3;4-12H,1-3H3;3-12H,1-2H3/q5*+1/i1D3,4D3,14D;4D3,14D;;;. The zero-order valence-corrected chi connectivity index (χ0v) is 63.4. The molecular formula is C98H106N5+5. The average molecular weight is 1370 g/mol. The van der Waals surface area contributed by atoms with Gasteiger partial charge in [-0.3, -0.25) is 0 Å². The van der Waals surface area contributed by atoms with Crippen LogP contribution in [-0.4, -0.2) is 0 Å². The molecule has 1 unspecified atom stereocenters. The molecule has 5 heteroatoms. The summed E-state index contributed by atoms with van der Waals surface area (Å²) in [7, 11) is 10.2. The molecule has 0 aliphatic rings. The summed E-state index contributed by atoms with van der Waals surface area (Å²) in [5, 5.41) is 11.5. The molecule has 0 aliphatic heterocycles. The average Bonchev–Trinajstić information content (AvgIpc) is 0.715. The molecule has 0 bridgehead atoms. The van der Waals surface area contributed by atoms with Crippen molar-refractivity contribution in [2.75, 3.05) is 0 Å². The van der Waals surface area contributed by atoms with Crippen LogP contribution in [0.4, 0.5) is 0 Å².